The summed E-state index contributed by atoms with van der Waals surface area (Å²) in [5, 5.41) is 13.9. The third-order valence-corrected chi connectivity index (χ3v) is 3.80. The number of aromatic nitrogens is 2. The molecule has 1 heterocycles. The summed E-state index contributed by atoms with van der Waals surface area (Å²) in [6.45, 7) is 2.70. The van der Waals surface area contributed by atoms with Gasteiger partial charge in [-0.3, -0.25) is 9.97 Å². The summed E-state index contributed by atoms with van der Waals surface area (Å²) >= 11 is 0. The van der Waals surface area contributed by atoms with E-state index in [1.54, 1.807) is 18.6 Å². The summed E-state index contributed by atoms with van der Waals surface area (Å²) in [5.74, 6) is 0. The molecular weight excluding hydrogens is 226 g/mol. The minimum Gasteiger partial charge on any atom is -0.389 e. The molecule has 1 aliphatic rings. The Bertz CT molecular complexity index is 347. The smallest absolute Gasteiger partial charge is 0.0771 e. The second-order valence-electron chi connectivity index (χ2n) is 5.37. The maximum Gasteiger partial charge on any atom is 0.0771 e. The van der Waals surface area contributed by atoms with Crippen LogP contribution in [-0.4, -0.2) is 27.2 Å². The number of nitrogens with zero attached hydrogens (tertiary/aromatic N) is 2. The highest BCUT2D eigenvalue weighted by atomic mass is 16.3. The fourth-order valence-electron chi connectivity index (χ4n) is 2.55. The van der Waals surface area contributed by atoms with Gasteiger partial charge < -0.3 is 10.4 Å². The minimum absolute atomic E-state index is 0.131. The molecule has 0 radical (unpaired) electrons. The van der Waals surface area contributed by atoms with Gasteiger partial charge in [-0.1, -0.05) is 25.7 Å². The molecule has 4 heteroatoms. The molecule has 0 bridgehead atoms. The molecule has 4 nitrogen and oxygen atoms in total. The van der Waals surface area contributed by atoms with Gasteiger partial charge in [-0.05, 0) is 19.8 Å². The number of rotatable bonds is 4. The minimum atomic E-state index is -0.535. The summed E-state index contributed by atoms with van der Waals surface area (Å²) < 4.78 is 0. The second kappa shape index (κ2) is 6.25. The first-order valence-electron chi connectivity index (χ1n) is 6.91. The predicted molar refractivity (Wildman–Crippen MR) is 71.1 cm³/mol. The Morgan fingerprint density at radius 1 is 1.28 bits per heavy atom. The monoisotopic (exact) mass is 249 g/mol. The first kappa shape index (κ1) is 13.4. The molecule has 0 amide bonds. The number of aliphatic hydroxyl groups is 1. The van der Waals surface area contributed by atoms with Gasteiger partial charge >= 0.3 is 0 Å². The predicted octanol–water partition coefficient (Wildman–Crippen LogP) is 2.21. The van der Waals surface area contributed by atoms with Crippen molar-refractivity contribution >= 4 is 0 Å². The molecule has 18 heavy (non-hydrogen) atoms. The molecule has 2 rings (SSSR count). The highest BCUT2D eigenvalue weighted by Gasteiger charge is 2.28. The first-order chi connectivity index (χ1) is 8.70. The topological polar surface area (TPSA) is 58.0 Å². The van der Waals surface area contributed by atoms with Crippen LogP contribution in [0.2, 0.25) is 0 Å². The molecule has 0 spiro atoms. The summed E-state index contributed by atoms with van der Waals surface area (Å²) in [5.41, 5.74) is 0.391. The molecule has 1 fully saturated rings. The second-order valence-corrected chi connectivity index (χ2v) is 5.37. The molecule has 1 aromatic rings. The van der Waals surface area contributed by atoms with E-state index in [4.69, 9.17) is 0 Å². The highest BCUT2D eigenvalue weighted by molar-refractivity contribution is 5.01. The van der Waals surface area contributed by atoms with Crippen LogP contribution >= 0.6 is 0 Å². The average molecular weight is 249 g/mol. The van der Waals surface area contributed by atoms with Crippen molar-refractivity contribution in [1.82, 2.24) is 15.3 Å². The lowest BCUT2D eigenvalue weighted by Gasteiger charge is -2.28. The lowest BCUT2D eigenvalue weighted by molar-refractivity contribution is 0.0230. The molecule has 2 N–H and O–H groups in total. The average Bonchev–Trinajstić information content (AvgIpc) is 2.62. The Morgan fingerprint density at radius 3 is 2.61 bits per heavy atom. The normalized spacial score (nSPS) is 21.2. The molecule has 1 saturated carbocycles. The lowest BCUT2D eigenvalue weighted by atomic mass is 9.94. The quantitative estimate of drug-likeness (QED) is 0.803. The Labute approximate surface area is 109 Å². The fraction of sp³-hybridized carbons (Fsp3) is 0.714. The van der Waals surface area contributed by atoms with Gasteiger partial charge in [0.2, 0.25) is 0 Å². The molecular formula is C14H23N3O. The fourth-order valence-corrected chi connectivity index (χ4v) is 2.55. The van der Waals surface area contributed by atoms with Crippen LogP contribution in [0.5, 0.6) is 0 Å². The van der Waals surface area contributed by atoms with E-state index >= 15 is 0 Å². The molecule has 1 unspecified atom stereocenters. The Morgan fingerprint density at radius 2 is 2.00 bits per heavy atom. The lowest BCUT2D eigenvalue weighted by Crippen LogP contribution is -2.41. The van der Waals surface area contributed by atoms with Crippen molar-refractivity contribution in [3.05, 3.63) is 24.3 Å². The van der Waals surface area contributed by atoms with E-state index in [0.717, 1.165) is 31.4 Å². The maximum absolute atomic E-state index is 10.5. The zero-order chi connectivity index (χ0) is 12.8. The molecule has 1 atom stereocenters. The SMILES string of the molecule is CC(NCC1(O)CCCCCC1)c1cnccn1. The van der Waals surface area contributed by atoms with Crippen molar-refractivity contribution in [2.24, 2.45) is 0 Å². The van der Waals surface area contributed by atoms with Crippen LogP contribution in [0.4, 0.5) is 0 Å². The number of hydrogen-bond acceptors (Lipinski definition) is 4. The van der Waals surface area contributed by atoms with Crippen LogP contribution in [0.15, 0.2) is 18.6 Å². The largest absolute Gasteiger partial charge is 0.389 e. The van der Waals surface area contributed by atoms with Crippen molar-refractivity contribution in [2.45, 2.75) is 57.1 Å². The summed E-state index contributed by atoms with van der Waals surface area (Å²) in [7, 11) is 0. The van der Waals surface area contributed by atoms with Crippen molar-refractivity contribution in [3.63, 3.8) is 0 Å². The molecule has 1 aliphatic carbocycles. The summed E-state index contributed by atoms with van der Waals surface area (Å²) in [6.07, 6.45) is 11.7. The van der Waals surface area contributed by atoms with Gasteiger partial charge in [-0.2, -0.15) is 0 Å². The van der Waals surface area contributed by atoms with E-state index in [1.807, 2.05) is 0 Å². The van der Waals surface area contributed by atoms with Gasteiger partial charge in [0.25, 0.3) is 0 Å². The zero-order valence-corrected chi connectivity index (χ0v) is 11.1. The summed E-state index contributed by atoms with van der Waals surface area (Å²) in [4.78, 5) is 8.34. The number of hydrogen-bond donors (Lipinski definition) is 2. The van der Waals surface area contributed by atoms with Crippen LogP contribution < -0.4 is 5.32 Å². The molecule has 0 saturated heterocycles. The Kier molecular flexibility index (Phi) is 4.66. The maximum atomic E-state index is 10.5. The Balaban J connectivity index is 1.86. The Hall–Kier alpha value is -1.00. The van der Waals surface area contributed by atoms with Gasteiger partial charge in [0, 0.05) is 31.2 Å². The first-order valence-corrected chi connectivity index (χ1v) is 6.91. The zero-order valence-electron chi connectivity index (χ0n) is 11.1. The third kappa shape index (κ3) is 3.75. The van der Waals surface area contributed by atoms with Crippen LogP contribution in [0, 0.1) is 0 Å². The van der Waals surface area contributed by atoms with Gasteiger partial charge in [-0.15, -0.1) is 0 Å². The van der Waals surface area contributed by atoms with E-state index < -0.39 is 5.60 Å². The van der Waals surface area contributed by atoms with E-state index in [-0.39, 0.29) is 6.04 Å². The van der Waals surface area contributed by atoms with Gasteiger partial charge in [-0.25, -0.2) is 0 Å². The summed E-state index contributed by atoms with van der Waals surface area (Å²) in [6, 6.07) is 0.131. The number of nitrogens with one attached hydrogen (secondary N) is 1. The molecule has 0 aromatic carbocycles. The highest BCUT2D eigenvalue weighted by Crippen LogP contribution is 2.26. The molecule has 1 aromatic heterocycles. The van der Waals surface area contributed by atoms with Crippen LogP contribution in [-0.2, 0) is 0 Å². The third-order valence-electron chi connectivity index (χ3n) is 3.80. The van der Waals surface area contributed by atoms with E-state index in [9.17, 15) is 5.11 Å². The van der Waals surface area contributed by atoms with Crippen LogP contribution in [0.3, 0.4) is 0 Å². The molecule has 100 valence electrons. The van der Waals surface area contributed by atoms with Crippen molar-refractivity contribution in [1.29, 1.82) is 0 Å². The van der Waals surface area contributed by atoms with Gasteiger partial charge in [0.15, 0.2) is 0 Å². The molecule has 0 aliphatic heterocycles. The van der Waals surface area contributed by atoms with Crippen molar-refractivity contribution in [3.8, 4) is 0 Å². The van der Waals surface area contributed by atoms with Crippen molar-refractivity contribution < 1.29 is 5.11 Å². The van der Waals surface area contributed by atoms with Crippen LogP contribution in [0.25, 0.3) is 0 Å². The van der Waals surface area contributed by atoms with Crippen molar-refractivity contribution in [2.75, 3.05) is 6.54 Å². The standard InChI is InChI=1S/C14H23N3O/c1-12(13-10-15-8-9-16-13)17-11-14(18)6-4-2-3-5-7-14/h8-10,12,17-18H,2-7,11H2,1H3. The van der Waals surface area contributed by atoms with E-state index in [0.29, 0.717) is 6.54 Å². The van der Waals surface area contributed by atoms with Gasteiger partial charge in [0.1, 0.15) is 0 Å². The van der Waals surface area contributed by atoms with E-state index in [2.05, 4.69) is 22.2 Å². The van der Waals surface area contributed by atoms with Crippen LogP contribution in [0.1, 0.15) is 57.2 Å². The van der Waals surface area contributed by atoms with E-state index in [1.165, 1.54) is 12.8 Å². The van der Waals surface area contributed by atoms with Gasteiger partial charge in [0.05, 0.1) is 11.3 Å².